The molecule has 2 rings (SSSR count). The van der Waals surface area contributed by atoms with E-state index in [0.29, 0.717) is 0 Å². The van der Waals surface area contributed by atoms with E-state index in [4.69, 9.17) is 16.3 Å². The van der Waals surface area contributed by atoms with Crippen molar-refractivity contribution in [1.29, 1.82) is 0 Å². The third kappa shape index (κ3) is 3.75. The van der Waals surface area contributed by atoms with Gasteiger partial charge in [0.15, 0.2) is 0 Å². The number of nitrogens with one attached hydrogen (secondary N) is 1. The fourth-order valence-electron chi connectivity index (χ4n) is 2.03. The lowest BCUT2D eigenvalue weighted by atomic mass is 10.1. The molecule has 0 spiro atoms. The Kier molecular flexibility index (Phi) is 5.46. The first kappa shape index (κ1) is 15.4. The predicted octanol–water partition coefficient (Wildman–Crippen LogP) is 4.96. The largest absolute Gasteiger partial charge is 0.496 e. The van der Waals surface area contributed by atoms with Crippen molar-refractivity contribution in [2.75, 3.05) is 7.11 Å². The molecule has 2 nitrogen and oxygen atoms in total. The van der Waals surface area contributed by atoms with Gasteiger partial charge >= 0.3 is 0 Å². The monoisotopic (exact) mass is 353 g/mol. The lowest BCUT2D eigenvalue weighted by molar-refractivity contribution is 0.412. The molecule has 0 heterocycles. The van der Waals surface area contributed by atoms with E-state index in [1.54, 1.807) is 7.11 Å². The van der Waals surface area contributed by atoms with Gasteiger partial charge in [-0.05, 0) is 52.2 Å². The van der Waals surface area contributed by atoms with Crippen molar-refractivity contribution in [3.05, 3.63) is 63.1 Å². The van der Waals surface area contributed by atoms with E-state index < -0.39 is 0 Å². The molecule has 4 heteroatoms. The Labute approximate surface area is 133 Å². The second-order valence-electron chi connectivity index (χ2n) is 4.59. The molecule has 0 aliphatic carbocycles. The fraction of sp³-hybridized carbons (Fsp3) is 0.250. The normalized spacial score (nSPS) is 12.2. The van der Waals surface area contributed by atoms with Crippen molar-refractivity contribution in [3.8, 4) is 5.75 Å². The van der Waals surface area contributed by atoms with Crippen LogP contribution >= 0.6 is 27.5 Å². The topological polar surface area (TPSA) is 21.3 Å². The lowest BCUT2D eigenvalue weighted by Gasteiger charge is -2.16. The minimum absolute atomic E-state index is 0.199. The molecule has 2 aromatic carbocycles. The predicted molar refractivity (Wildman–Crippen MR) is 87.4 cm³/mol. The smallest absolute Gasteiger partial charge is 0.133 e. The maximum Gasteiger partial charge on any atom is 0.133 e. The van der Waals surface area contributed by atoms with Crippen LogP contribution in [0.1, 0.15) is 24.1 Å². The van der Waals surface area contributed by atoms with Gasteiger partial charge in [-0.15, -0.1) is 0 Å². The highest BCUT2D eigenvalue weighted by Crippen LogP contribution is 2.26. The quantitative estimate of drug-likeness (QED) is 0.819. The molecule has 0 aromatic heterocycles. The maximum absolute atomic E-state index is 6.20. The van der Waals surface area contributed by atoms with Crippen LogP contribution < -0.4 is 10.1 Å². The third-order valence-electron chi connectivity index (χ3n) is 3.20. The first-order valence-electron chi connectivity index (χ1n) is 6.42. The van der Waals surface area contributed by atoms with Crippen molar-refractivity contribution in [2.24, 2.45) is 0 Å². The summed E-state index contributed by atoms with van der Waals surface area (Å²) in [5.74, 6) is 0.841. The van der Waals surface area contributed by atoms with E-state index in [2.05, 4.69) is 40.3 Å². The summed E-state index contributed by atoms with van der Waals surface area (Å²) < 4.78 is 6.19. The Morgan fingerprint density at radius 1 is 1.25 bits per heavy atom. The van der Waals surface area contributed by atoms with Crippen LogP contribution in [-0.2, 0) is 6.54 Å². The maximum atomic E-state index is 6.20. The van der Waals surface area contributed by atoms with Crippen molar-refractivity contribution < 1.29 is 4.74 Å². The number of methoxy groups -OCH3 is 1. The van der Waals surface area contributed by atoms with Crippen molar-refractivity contribution in [1.82, 2.24) is 5.32 Å². The number of benzene rings is 2. The summed E-state index contributed by atoms with van der Waals surface area (Å²) in [5, 5.41) is 4.27. The van der Waals surface area contributed by atoms with E-state index in [1.807, 2.05) is 30.3 Å². The molecule has 0 amide bonds. The summed E-state index contributed by atoms with van der Waals surface area (Å²) in [6.07, 6.45) is 0. The van der Waals surface area contributed by atoms with E-state index >= 15 is 0 Å². The fourth-order valence-corrected chi connectivity index (χ4v) is 2.91. The molecule has 0 aliphatic heterocycles. The zero-order valence-corrected chi connectivity index (χ0v) is 13.8. The molecule has 0 saturated carbocycles. The van der Waals surface area contributed by atoms with Crippen LogP contribution in [0.25, 0.3) is 0 Å². The van der Waals surface area contributed by atoms with Crippen LogP contribution in [-0.4, -0.2) is 7.11 Å². The zero-order valence-electron chi connectivity index (χ0n) is 11.5. The molecule has 0 saturated heterocycles. The SMILES string of the molecule is COc1ccc(CNC(C)c2ccccc2Cl)cc1Br. The van der Waals surface area contributed by atoms with Gasteiger partial charge in [0, 0.05) is 17.6 Å². The summed E-state index contributed by atoms with van der Waals surface area (Å²) >= 11 is 9.70. The van der Waals surface area contributed by atoms with Gasteiger partial charge in [0.1, 0.15) is 5.75 Å². The molecule has 1 unspecified atom stereocenters. The first-order chi connectivity index (χ1) is 9.61. The lowest BCUT2D eigenvalue weighted by Crippen LogP contribution is -2.18. The van der Waals surface area contributed by atoms with Gasteiger partial charge < -0.3 is 10.1 Å². The van der Waals surface area contributed by atoms with Crippen LogP contribution in [0.5, 0.6) is 5.75 Å². The number of halogens is 2. The van der Waals surface area contributed by atoms with E-state index in [1.165, 1.54) is 5.56 Å². The van der Waals surface area contributed by atoms with Gasteiger partial charge in [-0.1, -0.05) is 35.9 Å². The number of hydrogen-bond donors (Lipinski definition) is 1. The Hall–Kier alpha value is -1.03. The minimum Gasteiger partial charge on any atom is -0.496 e. The molecule has 0 aliphatic rings. The average Bonchev–Trinajstić information content (AvgIpc) is 2.45. The number of ether oxygens (including phenoxy) is 1. The van der Waals surface area contributed by atoms with Gasteiger partial charge in [0.05, 0.1) is 11.6 Å². The summed E-state index contributed by atoms with van der Waals surface area (Å²) in [7, 11) is 1.66. The second kappa shape index (κ2) is 7.11. The van der Waals surface area contributed by atoms with E-state index in [-0.39, 0.29) is 6.04 Å². The van der Waals surface area contributed by atoms with Gasteiger partial charge in [0.2, 0.25) is 0 Å². The molecular formula is C16H17BrClNO. The highest BCUT2D eigenvalue weighted by Gasteiger charge is 2.09. The summed E-state index contributed by atoms with van der Waals surface area (Å²) in [6.45, 7) is 2.88. The molecule has 2 aromatic rings. The Morgan fingerprint density at radius 3 is 2.65 bits per heavy atom. The molecule has 20 heavy (non-hydrogen) atoms. The van der Waals surface area contributed by atoms with Gasteiger partial charge in [-0.2, -0.15) is 0 Å². The number of rotatable bonds is 5. The number of hydrogen-bond acceptors (Lipinski definition) is 2. The van der Waals surface area contributed by atoms with Crippen LogP contribution in [0.3, 0.4) is 0 Å². The van der Waals surface area contributed by atoms with Crippen LogP contribution in [0.15, 0.2) is 46.9 Å². The molecule has 0 bridgehead atoms. The zero-order chi connectivity index (χ0) is 14.5. The van der Waals surface area contributed by atoms with Crippen molar-refractivity contribution in [3.63, 3.8) is 0 Å². The first-order valence-corrected chi connectivity index (χ1v) is 7.59. The van der Waals surface area contributed by atoms with E-state index in [9.17, 15) is 0 Å². The minimum atomic E-state index is 0.199. The summed E-state index contributed by atoms with van der Waals surface area (Å²) in [5.41, 5.74) is 2.30. The van der Waals surface area contributed by atoms with Crippen LogP contribution in [0.4, 0.5) is 0 Å². The molecule has 1 N–H and O–H groups in total. The Bertz CT molecular complexity index is 588. The third-order valence-corrected chi connectivity index (χ3v) is 4.16. The molecule has 106 valence electrons. The van der Waals surface area contributed by atoms with Crippen LogP contribution in [0.2, 0.25) is 5.02 Å². The summed E-state index contributed by atoms with van der Waals surface area (Å²) in [4.78, 5) is 0. The molecule has 1 atom stereocenters. The van der Waals surface area contributed by atoms with E-state index in [0.717, 1.165) is 27.4 Å². The van der Waals surface area contributed by atoms with Crippen LogP contribution in [0, 0.1) is 0 Å². The second-order valence-corrected chi connectivity index (χ2v) is 5.85. The van der Waals surface area contributed by atoms with Gasteiger partial charge in [0.25, 0.3) is 0 Å². The molecule has 0 radical (unpaired) electrons. The Morgan fingerprint density at radius 2 is 2.00 bits per heavy atom. The summed E-state index contributed by atoms with van der Waals surface area (Å²) in [6, 6.07) is 14.2. The highest BCUT2D eigenvalue weighted by atomic mass is 79.9. The molecular weight excluding hydrogens is 338 g/mol. The average molecular weight is 355 g/mol. The van der Waals surface area contributed by atoms with Crippen molar-refractivity contribution in [2.45, 2.75) is 19.5 Å². The standard InChI is InChI=1S/C16H17BrClNO/c1-11(13-5-3-4-6-15(13)18)19-10-12-7-8-16(20-2)14(17)9-12/h3-9,11,19H,10H2,1-2H3. The Balaban J connectivity index is 2.02. The molecule has 0 fully saturated rings. The van der Waals surface area contributed by atoms with Crippen molar-refractivity contribution >= 4 is 27.5 Å². The van der Waals surface area contributed by atoms with Gasteiger partial charge in [-0.25, -0.2) is 0 Å². The highest BCUT2D eigenvalue weighted by molar-refractivity contribution is 9.10. The van der Waals surface area contributed by atoms with Gasteiger partial charge in [-0.3, -0.25) is 0 Å².